The van der Waals surface area contributed by atoms with Gasteiger partial charge in [0, 0.05) is 12.7 Å². The van der Waals surface area contributed by atoms with Crippen molar-refractivity contribution in [2.24, 2.45) is 0 Å². The standard InChI is InChI=1S/C13H12ClF3N4/c1-7-4-9(12(18)21-11(7)14)19-5-8-2-3-10(20-6-8)13(15,16)17/h2-4,6,19H,5H2,1H3,(H2,18,21). The smallest absolute Gasteiger partial charge is 0.382 e. The number of hydrogen-bond donors (Lipinski definition) is 2. The first-order valence-corrected chi connectivity index (χ1v) is 6.34. The summed E-state index contributed by atoms with van der Waals surface area (Å²) >= 11 is 5.83. The van der Waals surface area contributed by atoms with Gasteiger partial charge in [-0.15, -0.1) is 0 Å². The molecule has 21 heavy (non-hydrogen) atoms. The summed E-state index contributed by atoms with van der Waals surface area (Å²) in [4.78, 5) is 7.33. The van der Waals surface area contributed by atoms with Crippen LogP contribution < -0.4 is 11.1 Å². The Bertz CT molecular complexity index is 641. The molecule has 0 spiro atoms. The normalized spacial score (nSPS) is 11.5. The van der Waals surface area contributed by atoms with Crippen LogP contribution in [0.15, 0.2) is 24.4 Å². The van der Waals surface area contributed by atoms with Crippen molar-refractivity contribution >= 4 is 23.1 Å². The lowest BCUT2D eigenvalue weighted by atomic mass is 10.2. The van der Waals surface area contributed by atoms with E-state index in [9.17, 15) is 13.2 Å². The molecule has 0 amide bonds. The van der Waals surface area contributed by atoms with Crippen LogP contribution >= 0.6 is 11.6 Å². The van der Waals surface area contributed by atoms with Gasteiger partial charge in [0.2, 0.25) is 0 Å². The molecule has 3 N–H and O–H groups in total. The average molecular weight is 317 g/mol. The van der Waals surface area contributed by atoms with E-state index in [1.54, 1.807) is 13.0 Å². The first-order chi connectivity index (χ1) is 9.77. The summed E-state index contributed by atoms with van der Waals surface area (Å²) in [6.07, 6.45) is -3.27. The van der Waals surface area contributed by atoms with Gasteiger partial charge in [0.25, 0.3) is 0 Å². The van der Waals surface area contributed by atoms with Crippen molar-refractivity contribution < 1.29 is 13.2 Å². The molecule has 0 aliphatic heterocycles. The molecular formula is C13H12ClF3N4. The fourth-order valence-electron chi connectivity index (χ4n) is 1.64. The molecule has 0 unspecified atom stereocenters. The van der Waals surface area contributed by atoms with Crippen LogP contribution in [-0.4, -0.2) is 9.97 Å². The van der Waals surface area contributed by atoms with Crippen molar-refractivity contribution in [3.63, 3.8) is 0 Å². The fourth-order valence-corrected chi connectivity index (χ4v) is 1.79. The van der Waals surface area contributed by atoms with Crippen LogP contribution in [0.5, 0.6) is 0 Å². The number of aryl methyl sites for hydroxylation is 1. The fraction of sp³-hybridized carbons (Fsp3) is 0.231. The van der Waals surface area contributed by atoms with E-state index in [1.165, 1.54) is 12.3 Å². The molecule has 0 fully saturated rings. The van der Waals surface area contributed by atoms with E-state index >= 15 is 0 Å². The Morgan fingerprint density at radius 2 is 2.05 bits per heavy atom. The molecule has 0 aliphatic rings. The minimum absolute atomic E-state index is 0.227. The third-order valence-corrected chi connectivity index (χ3v) is 3.16. The number of aromatic nitrogens is 2. The molecule has 2 aromatic heterocycles. The number of alkyl halides is 3. The highest BCUT2D eigenvalue weighted by Gasteiger charge is 2.31. The van der Waals surface area contributed by atoms with Crippen molar-refractivity contribution in [3.05, 3.63) is 46.4 Å². The van der Waals surface area contributed by atoms with Gasteiger partial charge in [-0.05, 0) is 30.2 Å². The van der Waals surface area contributed by atoms with Gasteiger partial charge in [-0.25, -0.2) is 4.98 Å². The van der Waals surface area contributed by atoms with Crippen LogP contribution in [0.25, 0.3) is 0 Å². The molecule has 4 nitrogen and oxygen atoms in total. The number of nitrogens with two attached hydrogens (primary N) is 1. The van der Waals surface area contributed by atoms with Crippen LogP contribution in [0.2, 0.25) is 5.15 Å². The van der Waals surface area contributed by atoms with Crippen molar-refractivity contribution in [2.75, 3.05) is 11.1 Å². The van der Waals surface area contributed by atoms with Crippen molar-refractivity contribution in [2.45, 2.75) is 19.6 Å². The summed E-state index contributed by atoms with van der Waals surface area (Å²) in [5.74, 6) is 0.227. The maximum absolute atomic E-state index is 12.4. The number of nitrogen functional groups attached to an aromatic ring is 1. The Labute approximate surface area is 124 Å². The van der Waals surface area contributed by atoms with E-state index < -0.39 is 11.9 Å². The minimum atomic E-state index is -4.44. The van der Waals surface area contributed by atoms with Gasteiger partial charge in [-0.3, -0.25) is 4.98 Å². The Balaban J connectivity index is 2.08. The van der Waals surface area contributed by atoms with Gasteiger partial charge in [0.1, 0.15) is 16.7 Å². The van der Waals surface area contributed by atoms with Gasteiger partial charge in [-0.1, -0.05) is 17.7 Å². The average Bonchev–Trinajstić information content (AvgIpc) is 2.41. The number of rotatable bonds is 3. The molecule has 2 rings (SSSR count). The molecule has 0 radical (unpaired) electrons. The third-order valence-electron chi connectivity index (χ3n) is 2.78. The molecule has 0 saturated carbocycles. The predicted octanol–water partition coefficient (Wildman–Crippen LogP) is 3.65. The maximum atomic E-state index is 12.4. The van der Waals surface area contributed by atoms with E-state index in [1.807, 2.05) is 0 Å². The molecule has 2 aromatic rings. The summed E-state index contributed by atoms with van der Waals surface area (Å²) in [5.41, 5.74) is 6.70. The van der Waals surface area contributed by atoms with Gasteiger partial charge in [-0.2, -0.15) is 13.2 Å². The third kappa shape index (κ3) is 3.75. The van der Waals surface area contributed by atoms with Crippen molar-refractivity contribution in [1.29, 1.82) is 0 Å². The second-order valence-electron chi connectivity index (χ2n) is 4.43. The second-order valence-corrected chi connectivity index (χ2v) is 4.79. The first-order valence-electron chi connectivity index (χ1n) is 5.96. The van der Waals surface area contributed by atoms with Crippen LogP contribution in [0.1, 0.15) is 16.8 Å². The number of nitrogens with zero attached hydrogens (tertiary/aromatic N) is 2. The monoisotopic (exact) mass is 316 g/mol. The molecule has 0 aromatic carbocycles. The lowest BCUT2D eigenvalue weighted by molar-refractivity contribution is -0.141. The number of pyridine rings is 2. The number of nitrogens with one attached hydrogen (secondary N) is 1. The van der Waals surface area contributed by atoms with Crippen molar-refractivity contribution in [3.8, 4) is 0 Å². The highest BCUT2D eigenvalue weighted by molar-refractivity contribution is 6.30. The Hall–Kier alpha value is -2.02. The quantitative estimate of drug-likeness (QED) is 0.848. The second kappa shape index (κ2) is 5.77. The largest absolute Gasteiger partial charge is 0.433 e. The van der Waals surface area contributed by atoms with Gasteiger partial charge < -0.3 is 11.1 Å². The molecule has 112 valence electrons. The lowest BCUT2D eigenvalue weighted by Gasteiger charge is -2.11. The van der Waals surface area contributed by atoms with Crippen LogP contribution in [-0.2, 0) is 12.7 Å². The highest BCUT2D eigenvalue weighted by atomic mass is 35.5. The van der Waals surface area contributed by atoms with Crippen LogP contribution in [0, 0.1) is 6.92 Å². The van der Waals surface area contributed by atoms with Gasteiger partial charge in [0.15, 0.2) is 0 Å². The summed E-state index contributed by atoms with van der Waals surface area (Å²) in [6, 6.07) is 4.02. The Morgan fingerprint density at radius 1 is 1.33 bits per heavy atom. The summed E-state index contributed by atoms with van der Waals surface area (Å²) in [5, 5.41) is 3.30. The molecule has 0 atom stereocenters. The highest BCUT2D eigenvalue weighted by Crippen LogP contribution is 2.27. The van der Waals surface area contributed by atoms with Crippen LogP contribution in [0.4, 0.5) is 24.7 Å². The zero-order chi connectivity index (χ0) is 15.6. The molecule has 0 saturated heterocycles. The van der Waals surface area contributed by atoms with Gasteiger partial charge >= 0.3 is 6.18 Å². The minimum Gasteiger partial charge on any atom is -0.382 e. The maximum Gasteiger partial charge on any atom is 0.433 e. The van der Waals surface area contributed by atoms with E-state index in [0.29, 0.717) is 16.4 Å². The number of halogens is 4. The van der Waals surface area contributed by atoms with E-state index in [2.05, 4.69) is 15.3 Å². The topological polar surface area (TPSA) is 63.8 Å². The molecule has 0 aliphatic carbocycles. The number of anilines is 2. The number of hydrogen-bond acceptors (Lipinski definition) is 4. The van der Waals surface area contributed by atoms with E-state index in [-0.39, 0.29) is 12.4 Å². The summed E-state index contributed by atoms with van der Waals surface area (Å²) < 4.78 is 37.2. The van der Waals surface area contributed by atoms with E-state index in [4.69, 9.17) is 17.3 Å². The first kappa shape index (κ1) is 15.4. The zero-order valence-corrected chi connectivity index (χ0v) is 11.8. The summed E-state index contributed by atoms with van der Waals surface area (Å²) in [7, 11) is 0. The summed E-state index contributed by atoms with van der Waals surface area (Å²) in [6.45, 7) is 2.05. The lowest BCUT2D eigenvalue weighted by Crippen LogP contribution is -2.09. The molecule has 8 heteroatoms. The molecular weight excluding hydrogens is 305 g/mol. The Kier molecular flexibility index (Phi) is 4.22. The predicted molar refractivity (Wildman–Crippen MR) is 75.0 cm³/mol. The zero-order valence-electron chi connectivity index (χ0n) is 11.0. The Morgan fingerprint density at radius 3 is 2.62 bits per heavy atom. The van der Waals surface area contributed by atoms with Gasteiger partial charge in [0.05, 0.1) is 5.69 Å². The SMILES string of the molecule is Cc1cc(NCc2ccc(C(F)(F)F)nc2)c(N)nc1Cl. The van der Waals surface area contributed by atoms with Crippen LogP contribution in [0.3, 0.4) is 0 Å². The molecule has 0 bridgehead atoms. The molecule has 2 heterocycles. The van der Waals surface area contributed by atoms with E-state index in [0.717, 1.165) is 11.6 Å². The van der Waals surface area contributed by atoms with Crippen molar-refractivity contribution in [1.82, 2.24) is 9.97 Å².